The van der Waals surface area contributed by atoms with Crippen molar-refractivity contribution in [2.45, 2.75) is 33.4 Å². The van der Waals surface area contributed by atoms with Crippen LogP contribution < -0.4 is 20.1 Å². The van der Waals surface area contributed by atoms with Crippen LogP contribution in [0.1, 0.15) is 36.6 Å². The number of methoxy groups -OCH3 is 1. The molecule has 2 aromatic rings. The van der Waals surface area contributed by atoms with Crippen LogP contribution in [0.5, 0.6) is 11.6 Å². The lowest BCUT2D eigenvalue weighted by atomic mass is 10.0. The zero-order chi connectivity index (χ0) is 18.2. The molecule has 0 aliphatic carbocycles. The van der Waals surface area contributed by atoms with E-state index in [1.54, 1.807) is 13.3 Å². The maximum absolute atomic E-state index is 12.2. The largest absolute Gasteiger partial charge is 0.496 e. The van der Waals surface area contributed by atoms with Crippen molar-refractivity contribution in [2.24, 2.45) is 0 Å². The lowest BCUT2D eigenvalue weighted by Gasteiger charge is -2.18. The molecule has 0 bridgehead atoms. The summed E-state index contributed by atoms with van der Waals surface area (Å²) >= 11 is 0. The number of nitrogens with one attached hydrogen (secondary N) is 2. The summed E-state index contributed by atoms with van der Waals surface area (Å²) in [6.07, 6.45) is 1.67. The van der Waals surface area contributed by atoms with Crippen LogP contribution in [0.2, 0.25) is 0 Å². The van der Waals surface area contributed by atoms with Crippen molar-refractivity contribution >= 4 is 6.03 Å². The summed E-state index contributed by atoms with van der Waals surface area (Å²) < 4.78 is 10.8. The number of hydrogen-bond acceptors (Lipinski definition) is 4. The molecule has 2 amide bonds. The van der Waals surface area contributed by atoms with E-state index in [1.807, 2.05) is 51.1 Å². The summed E-state index contributed by atoms with van der Waals surface area (Å²) in [7, 11) is 1.62. The number of amides is 2. The minimum atomic E-state index is -0.262. The van der Waals surface area contributed by atoms with Crippen LogP contribution in [0.25, 0.3) is 0 Å². The molecule has 134 valence electrons. The van der Waals surface area contributed by atoms with Gasteiger partial charge in [-0.2, -0.15) is 0 Å². The van der Waals surface area contributed by atoms with E-state index in [-0.39, 0.29) is 12.1 Å². The van der Waals surface area contributed by atoms with Crippen molar-refractivity contribution in [1.82, 2.24) is 15.6 Å². The van der Waals surface area contributed by atoms with Gasteiger partial charge in [-0.1, -0.05) is 23.8 Å². The van der Waals surface area contributed by atoms with Gasteiger partial charge in [-0.25, -0.2) is 9.78 Å². The summed E-state index contributed by atoms with van der Waals surface area (Å²) in [4.78, 5) is 16.4. The van der Waals surface area contributed by atoms with Crippen molar-refractivity contribution in [2.75, 3.05) is 13.7 Å². The van der Waals surface area contributed by atoms with Crippen LogP contribution in [0.15, 0.2) is 36.5 Å². The van der Waals surface area contributed by atoms with Crippen LogP contribution in [-0.4, -0.2) is 24.7 Å². The topological polar surface area (TPSA) is 72.5 Å². The molecule has 0 saturated carbocycles. The Hall–Kier alpha value is -2.76. The fraction of sp³-hybridized carbons (Fsp3) is 0.368. The molecule has 25 heavy (non-hydrogen) atoms. The highest BCUT2D eigenvalue weighted by molar-refractivity contribution is 5.74. The third-order valence-corrected chi connectivity index (χ3v) is 3.77. The molecule has 0 spiro atoms. The zero-order valence-electron chi connectivity index (χ0n) is 15.1. The second-order valence-corrected chi connectivity index (χ2v) is 5.69. The van der Waals surface area contributed by atoms with E-state index in [4.69, 9.17) is 9.47 Å². The first-order valence-corrected chi connectivity index (χ1v) is 8.30. The first-order valence-electron chi connectivity index (χ1n) is 8.30. The number of hydrogen-bond donors (Lipinski definition) is 2. The number of carbonyl (C=O) groups excluding carboxylic acids is 1. The van der Waals surface area contributed by atoms with Gasteiger partial charge >= 0.3 is 6.03 Å². The second kappa shape index (κ2) is 8.92. The number of carbonyl (C=O) groups is 1. The van der Waals surface area contributed by atoms with Gasteiger partial charge < -0.3 is 20.1 Å². The van der Waals surface area contributed by atoms with Gasteiger partial charge in [-0.05, 0) is 32.9 Å². The first-order chi connectivity index (χ1) is 12.0. The molecule has 2 rings (SSSR count). The molecule has 1 unspecified atom stereocenters. The molecule has 0 aliphatic rings. The van der Waals surface area contributed by atoms with E-state index in [9.17, 15) is 4.79 Å². The summed E-state index contributed by atoms with van der Waals surface area (Å²) in [6, 6.07) is 9.15. The normalized spacial score (nSPS) is 11.5. The smallest absolute Gasteiger partial charge is 0.315 e. The van der Waals surface area contributed by atoms with Gasteiger partial charge in [0.2, 0.25) is 5.88 Å². The zero-order valence-corrected chi connectivity index (χ0v) is 15.1. The lowest BCUT2D eigenvalue weighted by Crippen LogP contribution is -2.36. The number of aryl methyl sites for hydroxylation is 1. The van der Waals surface area contributed by atoms with Gasteiger partial charge in [0, 0.05) is 23.9 Å². The number of ether oxygens (including phenoxy) is 2. The molecule has 6 nitrogen and oxygen atoms in total. The Balaban J connectivity index is 1.98. The van der Waals surface area contributed by atoms with Crippen LogP contribution in [0.4, 0.5) is 4.79 Å². The van der Waals surface area contributed by atoms with Crippen molar-refractivity contribution in [1.29, 1.82) is 0 Å². The Morgan fingerprint density at radius 1 is 1.32 bits per heavy atom. The predicted molar refractivity (Wildman–Crippen MR) is 96.9 cm³/mol. The van der Waals surface area contributed by atoms with E-state index < -0.39 is 0 Å². The van der Waals surface area contributed by atoms with Crippen LogP contribution >= 0.6 is 0 Å². The Morgan fingerprint density at radius 3 is 2.84 bits per heavy atom. The van der Waals surface area contributed by atoms with E-state index in [0.29, 0.717) is 19.0 Å². The third kappa shape index (κ3) is 5.11. The Labute approximate surface area is 148 Å². The third-order valence-electron chi connectivity index (χ3n) is 3.77. The van der Waals surface area contributed by atoms with Crippen LogP contribution in [0.3, 0.4) is 0 Å². The number of benzene rings is 1. The molecule has 1 aromatic heterocycles. The molecular formula is C19H25N3O3. The lowest BCUT2D eigenvalue weighted by molar-refractivity contribution is 0.237. The van der Waals surface area contributed by atoms with Crippen molar-refractivity contribution in [3.63, 3.8) is 0 Å². The van der Waals surface area contributed by atoms with Gasteiger partial charge in [-0.3, -0.25) is 0 Å². The van der Waals surface area contributed by atoms with Gasteiger partial charge in [-0.15, -0.1) is 0 Å². The van der Waals surface area contributed by atoms with E-state index in [0.717, 1.165) is 22.4 Å². The van der Waals surface area contributed by atoms with Gasteiger partial charge in [0.05, 0.1) is 19.8 Å². The fourth-order valence-electron chi connectivity index (χ4n) is 2.52. The summed E-state index contributed by atoms with van der Waals surface area (Å²) in [5, 5.41) is 5.77. The maximum atomic E-state index is 12.2. The molecule has 0 fully saturated rings. The Kier molecular flexibility index (Phi) is 6.62. The van der Waals surface area contributed by atoms with Crippen molar-refractivity contribution in [3.8, 4) is 11.6 Å². The molecule has 1 heterocycles. The minimum Gasteiger partial charge on any atom is -0.496 e. The number of urea groups is 1. The first kappa shape index (κ1) is 18.6. The molecule has 1 aromatic carbocycles. The second-order valence-electron chi connectivity index (χ2n) is 5.69. The Morgan fingerprint density at radius 2 is 2.12 bits per heavy atom. The molecule has 6 heteroatoms. The maximum Gasteiger partial charge on any atom is 0.315 e. The average Bonchev–Trinajstić information content (AvgIpc) is 2.61. The summed E-state index contributed by atoms with van der Waals surface area (Å²) in [5.74, 6) is 1.29. The van der Waals surface area contributed by atoms with Gasteiger partial charge in [0.1, 0.15) is 5.75 Å². The van der Waals surface area contributed by atoms with Crippen LogP contribution in [0, 0.1) is 6.92 Å². The molecule has 2 N–H and O–H groups in total. The SMILES string of the molecule is CCOc1ncccc1CNC(=O)NC(C)c1cc(C)ccc1OC. The average molecular weight is 343 g/mol. The molecule has 1 atom stereocenters. The summed E-state index contributed by atoms with van der Waals surface area (Å²) in [6.45, 7) is 6.70. The standard InChI is InChI=1S/C19H25N3O3/c1-5-25-18-15(7-6-10-20-18)12-21-19(23)22-14(3)16-11-13(2)8-9-17(16)24-4/h6-11,14H,5,12H2,1-4H3,(H2,21,22,23). The molecular weight excluding hydrogens is 318 g/mol. The van der Waals surface area contributed by atoms with Gasteiger partial charge in [0.15, 0.2) is 0 Å². The number of nitrogens with zero attached hydrogens (tertiary/aromatic N) is 1. The molecule has 0 aliphatic heterocycles. The predicted octanol–water partition coefficient (Wildman–Crippen LogP) is 3.36. The number of aromatic nitrogens is 1. The Bertz CT molecular complexity index is 719. The van der Waals surface area contributed by atoms with Gasteiger partial charge in [0.25, 0.3) is 0 Å². The quantitative estimate of drug-likeness (QED) is 0.808. The van der Waals surface area contributed by atoms with Crippen LogP contribution in [-0.2, 0) is 6.54 Å². The highest BCUT2D eigenvalue weighted by atomic mass is 16.5. The monoisotopic (exact) mass is 343 g/mol. The van der Waals surface area contributed by atoms with E-state index >= 15 is 0 Å². The van der Waals surface area contributed by atoms with Crippen molar-refractivity contribution in [3.05, 3.63) is 53.2 Å². The number of rotatable bonds is 7. The summed E-state index contributed by atoms with van der Waals surface area (Å²) in [5.41, 5.74) is 2.89. The number of pyridine rings is 1. The van der Waals surface area contributed by atoms with E-state index in [1.165, 1.54) is 0 Å². The van der Waals surface area contributed by atoms with E-state index in [2.05, 4.69) is 15.6 Å². The minimum absolute atomic E-state index is 0.185. The van der Waals surface area contributed by atoms with Crippen molar-refractivity contribution < 1.29 is 14.3 Å². The highest BCUT2D eigenvalue weighted by Crippen LogP contribution is 2.26. The highest BCUT2D eigenvalue weighted by Gasteiger charge is 2.14. The molecule has 0 radical (unpaired) electrons. The fourth-order valence-corrected chi connectivity index (χ4v) is 2.52. The molecule has 0 saturated heterocycles.